The number of halogens is 7. The molecular formula is C28H20BrF6N4O5S+. The van der Waals surface area contributed by atoms with E-state index < -0.39 is 41.3 Å². The number of fused-ring (bicyclic) bond motifs is 1. The molecular weight excluding hydrogens is 698 g/mol. The van der Waals surface area contributed by atoms with E-state index in [2.05, 4.69) is 36.1 Å². The van der Waals surface area contributed by atoms with E-state index >= 15 is 0 Å². The summed E-state index contributed by atoms with van der Waals surface area (Å²) in [6.07, 6.45) is -6.92. The van der Waals surface area contributed by atoms with Gasteiger partial charge in [-0.15, -0.1) is 11.3 Å². The number of pyridine rings is 2. The number of benzene rings is 1. The molecule has 0 bridgehead atoms. The fraction of sp³-hybridized carbons (Fsp3) is 0.250. The van der Waals surface area contributed by atoms with Gasteiger partial charge in [-0.3, -0.25) is 0 Å². The molecule has 0 fully saturated rings. The van der Waals surface area contributed by atoms with Crippen molar-refractivity contribution < 1.29 is 55.7 Å². The van der Waals surface area contributed by atoms with E-state index in [0.29, 0.717) is 68.6 Å². The van der Waals surface area contributed by atoms with Gasteiger partial charge in [0, 0.05) is 22.8 Å². The fourth-order valence-corrected chi connectivity index (χ4v) is 6.39. The Morgan fingerprint density at radius 3 is 2.53 bits per heavy atom. The Labute approximate surface area is 262 Å². The second kappa shape index (κ2) is 11.7. The van der Waals surface area contributed by atoms with Gasteiger partial charge in [-0.2, -0.15) is 26.3 Å². The van der Waals surface area contributed by atoms with Gasteiger partial charge in [0.15, 0.2) is 0 Å². The van der Waals surface area contributed by atoms with E-state index in [0.717, 1.165) is 11.3 Å². The van der Waals surface area contributed by atoms with Crippen LogP contribution in [0.5, 0.6) is 0 Å². The maximum atomic E-state index is 13.4. The smallest absolute Gasteiger partial charge is 0.478 e. The minimum atomic E-state index is -5.42. The topological polar surface area (TPSA) is 126 Å². The maximum Gasteiger partial charge on any atom is 0.495 e. The lowest BCUT2D eigenvalue weighted by atomic mass is 9.79. The Hall–Kier alpha value is -4.09. The SMILES string of the molecule is Cc1cc(Nc2cc(C(F)(F)F)cc[n+]2OC(=O)C(F)(F)F)nc(-c2cnc(C3(O)CCCc4cc(C(=O)O)ccc43)s2)c1Br. The number of carbonyl (C=O) groups is 2. The number of nitrogens with one attached hydrogen (secondary N) is 1. The minimum absolute atomic E-state index is 0.0843. The van der Waals surface area contributed by atoms with Crippen molar-refractivity contribution in [3.63, 3.8) is 0 Å². The average molecular weight is 718 g/mol. The van der Waals surface area contributed by atoms with Crippen LogP contribution in [0, 0.1) is 6.92 Å². The van der Waals surface area contributed by atoms with Crippen molar-refractivity contribution in [1.82, 2.24) is 9.97 Å². The van der Waals surface area contributed by atoms with Crippen LogP contribution in [0.3, 0.4) is 0 Å². The first-order valence-corrected chi connectivity index (χ1v) is 14.5. The molecule has 3 aromatic heterocycles. The van der Waals surface area contributed by atoms with Crippen LogP contribution in [0.25, 0.3) is 10.6 Å². The van der Waals surface area contributed by atoms with Gasteiger partial charge in [0.1, 0.15) is 22.5 Å². The number of aryl methyl sites for hydroxylation is 2. The largest absolute Gasteiger partial charge is 0.495 e. The molecule has 17 heteroatoms. The molecule has 0 amide bonds. The molecule has 1 atom stereocenters. The highest BCUT2D eigenvalue weighted by molar-refractivity contribution is 9.10. The fourth-order valence-electron chi connectivity index (χ4n) is 4.79. The molecule has 0 aliphatic heterocycles. The Morgan fingerprint density at radius 1 is 1.13 bits per heavy atom. The van der Waals surface area contributed by atoms with Crippen LogP contribution >= 0.6 is 27.3 Å². The number of anilines is 2. The van der Waals surface area contributed by atoms with Crippen LogP contribution in [0.1, 0.15) is 50.5 Å². The average Bonchev–Trinajstić information content (AvgIpc) is 3.45. The van der Waals surface area contributed by atoms with E-state index in [1.165, 1.54) is 24.4 Å². The molecule has 5 rings (SSSR count). The van der Waals surface area contributed by atoms with Gasteiger partial charge in [0.25, 0.3) is 0 Å². The number of aromatic nitrogens is 3. The molecule has 1 aliphatic carbocycles. The molecule has 4 aromatic rings. The van der Waals surface area contributed by atoms with E-state index in [9.17, 15) is 46.1 Å². The van der Waals surface area contributed by atoms with Crippen molar-refractivity contribution in [1.29, 1.82) is 0 Å². The highest BCUT2D eigenvalue weighted by Crippen LogP contribution is 2.45. The summed E-state index contributed by atoms with van der Waals surface area (Å²) in [6.45, 7) is 1.64. The van der Waals surface area contributed by atoms with Crippen molar-refractivity contribution >= 4 is 50.8 Å². The number of carboxylic acid groups (broad SMARTS) is 1. The standard InChI is InChI=1S/C28H19BrF6N4O5S/c1-13-9-19(37-20-11-16(27(30,31)32)6-8-39(20)44-25(42)28(33,34)35)38-22(21(13)29)18-12-36-24(45-18)26(43)7-2-3-14-10-15(23(40)41)4-5-17(14)26/h4-6,8-12,43H,2-3,7H2,1H3,(H,40,41)/p+1. The van der Waals surface area contributed by atoms with E-state index in [1.807, 2.05) is 0 Å². The summed E-state index contributed by atoms with van der Waals surface area (Å²) in [5, 5.41) is 23.9. The molecule has 3 heterocycles. The van der Waals surface area contributed by atoms with E-state index in [-0.39, 0.29) is 21.8 Å². The summed E-state index contributed by atoms with van der Waals surface area (Å²) in [4.78, 5) is 36.4. The molecule has 0 saturated carbocycles. The van der Waals surface area contributed by atoms with Gasteiger partial charge in [-0.1, -0.05) is 6.07 Å². The van der Waals surface area contributed by atoms with Gasteiger partial charge in [-0.25, -0.2) is 29.7 Å². The zero-order chi connectivity index (χ0) is 32.9. The molecule has 1 aromatic carbocycles. The van der Waals surface area contributed by atoms with Gasteiger partial charge in [-0.05, 0) is 81.7 Å². The molecule has 45 heavy (non-hydrogen) atoms. The Balaban J connectivity index is 1.52. The normalized spacial score (nSPS) is 16.6. The van der Waals surface area contributed by atoms with Crippen molar-refractivity contribution in [2.24, 2.45) is 0 Å². The third-order valence-electron chi connectivity index (χ3n) is 6.93. The Bertz CT molecular complexity index is 1830. The van der Waals surface area contributed by atoms with Gasteiger partial charge in [0.05, 0.1) is 16.0 Å². The summed E-state index contributed by atoms with van der Waals surface area (Å²) in [5.41, 5.74) is -0.734. The maximum absolute atomic E-state index is 13.4. The molecule has 236 valence electrons. The first-order valence-electron chi connectivity index (χ1n) is 12.9. The number of rotatable bonds is 6. The predicted molar refractivity (Wildman–Crippen MR) is 150 cm³/mol. The quantitative estimate of drug-likeness (QED) is 0.161. The Morgan fingerprint density at radius 2 is 1.87 bits per heavy atom. The summed E-state index contributed by atoms with van der Waals surface area (Å²) < 4.78 is 79.5. The number of thiazole rings is 1. The lowest BCUT2D eigenvalue weighted by molar-refractivity contribution is -0.859. The third kappa shape index (κ3) is 6.50. The number of nitrogens with zero attached hydrogens (tertiary/aromatic N) is 3. The van der Waals surface area contributed by atoms with Gasteiger partial charge < -0.3 is 10.2 Å². The number of hydrogen-bond donors (Lipinski definition) is 3. The Kier molecular flexibility index (Phi) is 8.39. The summed E-state index contributed by atoms with van der Waals surface area (Å²) in [5.74, 6) is -4.55. The first-order chi connectivity index (χ1) is 21.0. The van der Waals surface area contributed by atoms with Crippen molar-refractivity contribution in [2.45, 2.75) is 44.1 Å². The summed E-state index contributed by atoms with van der Waals surface area (Å²) in [7, 11) is 0. The van der Waals surface area contributed by atoms with E-state index in [4.69, 9.17) is 0 Å². The number of hydrogen-bond acceptors (Lipinski definition) is 8. The summed E-state index contributed by atoms with van der Waals surface area (Å²) >= 11 is 4.51. The molecule has 0 radical (unpaired) electrons. The molecule has 3 N–H and O–H groups in total. The second-order valence-electron chi connectivity index (χ2n) is 10.0. The summed E-state index contributed by atoms with van der Waals surface area (Å²) in [6, 6.07) is 6.76. The monoisotopic (exact) mass is 717 g/mol. The van der Waals surface area contributed by atoms with Crippen LogP contribution in [-0.4, -0.2) is 38.3 Å². The number of aromatic carboxylic acids is 1. The molecule has 0 spiro atoms. The van der Waals surface area contributed by atoms with Crippen LogP contribution in [0.2, 0.25) is 0 Å². The number of aliphatic hydroxyl groups is 1. The van der Waals surface area contributed by atoms with Crippen LogP contribution in [0.4, 0.5) is 38.0 Å². The van der Waals surface area contributed by atoms with Crippen LogP contribution in [-0.2, 0) is 23.0 Å². The molecule has 1 aliphatic rings. The first kappa shape index (κ1) is 32.3. The van der Waals surface area contributed by atoms with Crippen molar-refractivity contribution in [3.8, 4) is 10.6 Å². The van der Waals surface area contributed by atoms with Gasteiger partial charge in [0.2, 0.25) is 5.82 Å². The number of carboxylic acids is 1. The van der Waals surface area contributed by atoms with E-state index in [1.54, 1.807) is 13.0 Å². The van der Waals surface area contributed by atoms with Crippen LogP contribution < -0.4 is 14.9 Å². The number of alkyl halides is 6. The highest BCUT2D eigenvalue weighted by atomic mass is 79.9. The lowest BCUT2D eigenvalue weighted by Crippen LogP contribution is -2.51. The van der Waals surface area contributed by atoms with Crippen molar-refractivity contribution in [2.75, 3.05) is 5.32 Å². The second-order valence-corrected chi connectivity index (χ2v) is 11.9. The molecule has 1 unspecified atom stereocenters. The molecule has 9 nitrogen and oxygen atoms in total. The lowest BCUT2D eigenvalue weighted by Gasteiger charge is -2.33. The molecule has 0 saturated heterocycles. The van der Waals surface area contributed by atoms with Crippen molar-refractivity contribution in [3.05, 3.63) is 86.1 Å². The zero-order valence-corrected chi connectivity index (χ0v) is 25.2. The third-order valence-corrected chi connectivity index (χ3v) is 9.09. The zero-order valence-electron chi connectivity index (χ0n) is 22.8. The van der Waals surface area contributed by atoms with Crippen LogP contribution in [0.15, 0.2) is 53.3 Å². The minimum Gasteiger partial charge on any atom is -0.478 e. The highest BCUT2D eigenvalue weighted by Gasteiger charge is 2.44. The predicted octanol–water partition coefficient (Wildman–Crippen LogP) is 6.11. The number of carbonyl (C=O) groups excluding carboxylic acids is 1. The van der Waals surface area contributed by atoms with Gasteiger partial charge >= 0.3 is 30.1 Å².